The lowest BCUT2D eigenvalue weighted by molar-refractivity contribution is 0.188. The average Bonchev–Trinajstić information content (AvgIpc) is 2.54. The molecule has 0 bridgehead atoms. The first kappa shape index (κ1) is 14.4. The molecule has 0 saturated heterocycles. The zero-order valence-corrected chi connectivity index (χ0v) is 12.5. The Kier molecular flexibility index (Phi) is 4.00. The molecule has 1 aliphatic carbocycles. The number of hydrogen-bond donors (Lipinski definition) is 2. The summed E-state index contributed by atoms with van der Waals surface area (Å²) in [5, 5.41) is 11.7. The van der Waals surface area contributed by atoms with Gasteiger partial charge in [0.05, 0.1) is 13.2 Å². The van der Waals surface area contributed by atoms with E-state index in [2.05, 4.69) is 23.5 Å². The standard InChI is InChI=1S/C18H19NO3/c1-22-17-8-3-2-6-14(17)13-10-9-12-5-4-7-16(15(12)11-13)19-18(20)21/h2-3,6,8-11,16,19H,4-5,7H2,1H3,(H,20,21). The van der Waals surface area contributed by atoms with E-state index in [9.17, 15) is 4.79 Å². The van der Waals surface area contributed by atoms with Crippen molar-refractivity contribution >= 4 is 6.09 Å². The minimum Gasteiger partial charge on any atom is -0.496 e. The van der Waals surface area contributed by atoms with Crippen molar-refractivity contribution in [3.8, 4) is 16.9 Å². The van der Waals surface area contributed by atoms with Gasteiger partial charge in [0.15, 0.2) is 0 Å². The Hall–Kier alpha value is -2.49. The van der Waals surface area contributed by atoms with Crippen molar-refractivity contribution in [2.45, 2.75) is 25.3 Å². The molecule has 0 fully saturated rings. The molecule has 0 spiro atoms. The van der Waals surface area contributed by atoms with Gasteiger partial charge in [-0.15, -0.1) is 0 Å². The van der Waals surface area contributed by atoms with Crippen LogP contribution in [0.15, 0.2) is 42.5 Å². The molecule has 2 aromatic rings. The highest BCUT2D eigenvalue weighted by Crippen LogP contribution is 2.36. The number of amides is 1. The van der Waals surface area contributed by atoms with E-state index in [0.717, 1.165) is 41.7 Å². The summed E-state index contributed by atoms with van der Waals surface area (Å²) in [6.45, 7) is 0. The number of hydrogen-bond acceptors (Lipinski definition) is 2. The van der Waals surface area contributed by atoms with Crippen LogP contribution in [-0.4, -0.2) is 18.3 Å². The highest BCUT2D eigenvalue weighted by molar-refractivity contribution is 5.72. The molecular weight excluding hydrogens is 278 g/mol. The van der Waals surface area contributed by atoms with Gasteiger partial charge < -0.3 is 15.2 Å². The monoisotopic (exact) mass is 297 g/mol. The number of carbonyl (C=O) groups is 1. The van der Waals surface area contributed by atoms with Crippen LogP contribution in [0.5, 0.6) is 5.75 Å². The molecule has 0 saturated carbocycles. The minimum atomic E-state index is -0.972. The molecule has 1 aliphatic rings. The van der Waals surface area contributed by atoms with E-state index >= 15 is 0 Å². The van der Waals surface area contributed by atoms with Crippen molar-refractivity contribution < 1.29 is 14.6 Å². The number of fused-ring (bicyclic) bond motifs is 1. The normalized spacial score (nSPS) is 16.7. The summed E-state index contributed by atoms with van der Waals surface area (Å²) in [4.78, 5) is 11.0. The van der Waals surface area contributed by atoms with Crippen LogP contribution in [0.4, 0.5) is 4.79 Å². The zero-order chi connectivity index (χ0) is 15.5. The lowest BCUT2D eigenvalue weighted by Gasteiger charge is -2.26. The number of rotatable bonds is 3. The Morgan fingerprint density at radius 1 is 1.27 bits per heavy atom. The Morgan fingerprint density at radius 3 is 2.86 bits per heavy atom. The van der Waals surface area contributed by atoms with Crippen molar-refractivity contribution in [2.24, 2.45) is 0 Å². The molecule has 0 radical (unpaired) electrons. The van der Waals surface area contributed by atoms with Crippen molar-refractivity contribution in [1.29, 1.82) is 0 Å². The van der Waals surface area contributed by atoms with E-state index in [1.807, 2.05) is 24.3 Å². The molecule has 0 aliphatic heterocycles. The second-order valence-electron chi connectivity index (χ2n) is 5.51. The first-order chi connectivity index (χ1) is 10.7. The summed E-state index contributed by atoms with van der Waals surface area (Å²) >= 11 is 0. The number of para-hydroxylation sites is 1. The van der Waals surface area contributed by atoms with Crippen molar-refractivity contribution in [2.75, 3.05) is 7.11 Å². The highest BCUT2D eigenvalue weighted by atomic mass is 16.5. The van der Waals surface area contributed by atoms with Crippen LogP contribution in [0.2, 0.25) is 0 Å². The summed E-state index contributed by atoms with van der Waals surface area (Å²) in [5.41, 5.74) is 4.38. The molecule has 0 aromatic heterocycles. The van der Waals surface area contributed by atoms with E-state index < -0.39 is 6.09 Å². The van der Waals surface area contributed by atoms with Gasteiger partial charge in [-0.2, -0.15) is 0 Å². The Bertz CT molecular complexity index is 696. The molecule has 1 unspecified atom stereocenters. The van der Waals surface area contributed by atoms with Crippen molar-refractivity contribution in [3.05, 3.63) is 53.6 Å². The largest absolute Gasteiger partial charge is 0.496 e. The first-order valence-corrected chi connectivity index (χ1v) is 7.44. The van der Waals surface area contributed by atoms with Crippen LogP contribution in [-0.2, 0) is 6.42 Å². The van der Waals surface area contributed by atoms with E-state index in [0.29, 0.717) is 0 Å². The highest BCUT2D eigenvalue weighted by Gasteiger charge is 2.22. The zero-order valence-electron chi connectivity index (χ0n) is 12.5. The predicted molar refractivity (Wildman–Crippen MR) is 85.3 cm³/mol. The number of nitrogens with one attached hydrogen (secondary N) is 1. The van der Waals surface area contributed by atoms with Crippen molar-refractivity contribution in [1.82, 2.24) is 5.32 Å². The van der Waals surface area contributed by atoms with Gasteiger partial charge in [-0.25, -0.2) is 4.79 Å². The maximum atomic E-state index is 11.0. The lowest BCUT2D eigenvalue weighted by Crippen LogP contribution is -2.29. The molecule has 2 N–H and O–H groups in total. The molecule has 4 heteroatoms. The fraction of sp³-hybridized carbons (Fsp3) is 0.278. The van der Waals surface area contributed by atoms with Gasteiger partial charge in [-0.3, -0.25) is 0 Å². The third kappa shape index (κ3) is 2.77. The van der Waals surface area contributed by atoms with E-state index in [4.69, 9.17) is 9.84 Å². The Labute approximate surface area is 129 Å². The summed E-state index contributed by atoms with van der Waals surface area (Å²) in [6.07, 6.45) is 1.88. The van der Waals surface area contributed by atoms with Crippen LogP contribution < -0.4 is 10.1 Å². The molecule has 4 nitrogen and oxygen atoms in total. The molecule has 0 heterocycles. The minimum absolute atomic E-state index is 0.129. The second-order valence-corrected chi connectivity index (χ2v) is 5.51. The van der Waals surface area contributed by atoms with Crippen LogP contribution in [0.25, 0.3) is 11.1 Å². The van der Waals surface area contributed by atoms with Gasteiger partial charge in [-0.1, -0.05) is 30.3 Å². The van der Waals surface area contributed by atoms with Gasteiger partial charge >= 0.3 is 6.09 Å². The molecule has 2 aromatic carbocycles. The fourth-order valence-corrected chi connectivity index (χ4v) is 3.15. The summed E-state index contributed by atoms with van der Waals surface area (Å²) in [5.74, 6) is 0.820. The molecule has 1 atom stereocenters. The van der Waals surface area contributed by atoms with Crippen molar-refractivity contribution in [3.63, 3.8) is 0 Å². The van der Waals surface area contributed by atoms with Gasteiger partial charge in [-0.05, 0) is 48.1 Å². The smallest absolute Gasteiger partial charge is 0.405 e. The molecular formula is C18H19NO3. The van der Waals surface area contributed by atoms with Gasteiger partial charge in [0.25, 0.3) is 0 Å². The quantitative estimate of drug-likeness (QED) is 0.900. The average molecular weight is 297 g/mol. The predicted octanol–water partition coefficient (Wildman–Crippen LogP) is 4.01. The summed E-state index contributed by atoms with van der Waals surface area (Å²) < 4.78 is 5.43. The summed E-state index contributed by atoms with van der Waals surface area (Å²) in [7, 11) is 1.66. The van der Waals surface area contributed by atoms with E-state index in [1.165, 1.54) is 5.56 Å². The third-order valence-electron chi connectivity index (χ3n) is 4.18. The van der Waals surface area contributed by atoms with Crippen LogP contribution >= 0.6 is 0 Å². The lowest BCUT2D eigenvalue weighted by atomic mass is 9.85. The summed E-state index contributed by atoms with van der Waals surface area (Å²) in [6, 6.07) is 14.0. The van der Waals surface area contributed by atoms with Gasteiger partial charge in [0.1, 0.15) is 5.75 Å². The molecule has 114 valence electrons. The first-order valence-electron chi connectivity index (χ1n) is 7.44. The second kappa shape index (κ2) is 6.10. The van der Waals surface area contributed by atoms with Gasteiger partial charge in [0, 0.05) is 5.56 Å². The van der Waals surface area contributed by atoms with Crippen LogP contribution in [0, 0.1) is 0 Å². The topological polar surface area (TPSA) is 58.6 Å². The van der Waals surface area contributed by atoms with E-state index in [1.54, 1.807) is 7.11 Å². The molecule has 22 heavy (non-hydrogen) atoms. The number of methoxy groups -OCH3 is 1. The van der Waals surface area contributed by atoms with Crippen LogP contribution in [0.3, 0.4) is 0 Å². The number of carboxylic acid groups (broad SMARTS) is 1. The Balaban J connectivity index is 2.03. The van der Waals surface area contributed by atoms with Gasteiger partial charge in [0.2, 0.25) is 0 Å². The maximum absolute atomic E-state index is 11.0. The van der Waals surface area contributed by atoms with Crippen LogP contribution in [0.1, 0.15) is 30.0 Å². The third-order valence-corrected chi connectivity index (χ3v) is 4.18. The number of aryl methyl sites for hydroxylation is 1. The molecule has 1 amide bonds. The number of ether oxygens (including phenoxy) is 1. The fourth-order valence-electron chi connectivity index (χ4n) is 3.15. The maximum Gasteiger partial charge on any atom is 0.405 e. The van der Waals surface area contributed by atoms with E-state index in [-0.39, 0.29) is 6.04 Å². The SMILES string of the molecule is COc1ccccc1-c1ccc2c(c1)C(NC(=O)O)CCC2. The number of benzene rings is 2. The molecule has 3 rings (SSSR count). The Morgan fingerprint density at radius 2 is 2.09 bits per heavy atom.